The molecule has 0 heterocycles. The van der Waals surface area contributed by atoms with Gasteiger partial charge in [0.2, 0.25) is 10.0 Å². The molecule has 0 bridgehead atoms. The monoisotopic (exact) mass is 470 g/mol. The van der Waals surface area contributed by atoms with Crippen LogP contribution in [0.4, 0.5) is 16.2 Å². The lowest BCUT2D eigenvalue weighted by Gasteiger charge is -2.30. The van der Waals surface area contributed by atoms with E-state index in [0.29, 0.717) is 16.9 Å². The first-order chi connectivity index (χ1) is 15.8. The SMILES string of the molecule is CN(C1CCCCC1)S(=O)(=O)c1ccc(C(=O)Nc2ccc(NC(=O)NC3CC3)cc2)cc1. The minimum absolute atomic E-state index is 0.0315. The quantitative estimate of drug-likeness (QED) is 0.564. The number of hydrogen-bond acceptors (Lipinski definition) is 4. The topological polar surface area (TPSA) is 108 Å². The van der Waals surface area contributed by atoms with Gasteiger partial charge in [-0.25, -0.2) is 13.2 Å². The fourth-order valence-corrected chi connectivity index (χ4v) is 5.42. The lowest BCUT2D eigenvalue weighted by molar-refractivity contribution is 0.102. The molecule has 2 fully saturated rings. The summed E-state index contributed by atoms with van der Waals surface area (Å²) in [5, 5.41) is 8.39. The van der Waals surface area contributed by atoms with E-state index in [9.17, 15) is 18.0 Å². The minimum atomic E-state index is -3.60. The van der Waals surface area contributed by atoms with Crippen LogP contribution in [0.2, 0.25) is 0 Å². The maximum absolute atomic E-state index is 13.0. The molecule has 0 saturated heterocycles. The van der Waals surface area contributed by atoms with E-state index in [0.717, 1.165) is 44.9 Å². The van der Waals surface area contributed by atoms with Gasteiger partial charge in [-0.05, 0) is 74.2 Å². The third-order valence-electron chi connectivity index (χ3n) is 6.20. The lowest BCUT2D eigenvalue weighted by Crippen LogP contribution is -2.38. The van der Waals surface area contributed by atoms with E-state index in [-0.39, 0.29) is 28.9 Å². The average molecular weight is 471 g/mol. The van der Waals surface area contributed by atoms with Crippen LogP contribution in [0.5, 0.6) is 0 Å². The molecule has 0 spiro atoms. The number of benzene rings is 2. The predicted molar refractivity (Wildman–Crippen MR) is 128 cm³/mol. The van der Waals surface area contributed by atoms with Crippen LogP contribution in [0, 0.1) is 0 Å². The van der Waals surface area contributed by atoms with Gasteiger partial charge < -0.3 is 16.0 Å². The van der Waals surface area contributed by atoms with Gasteiger partial charge in [-0.2, -0.15) is 4.31 Å². The normalized spacial score (nSPS) is 16.9. The second-order valence-electron chi connectivity index (χ2n) is 8.74. The highest BCUT2D eigenvalue weighted by Crippen LogP contribution is 2.26. The van der Waals surface area contributed by atoms with Gasteiger partial charge in [-0.1, -0.05) is 19.3 Å². The van der Waals surface area contributed by atoms with Crippen LogP contribution in [0.3, 0.4) is 0 Å². The van der Waals surface area contributed by atoms with Crippen LogP contribution in [0.15, 0.2) is 53.4 Å². The molecule has 2 aliphatic rings. The average Bonchev–Trinajstić information content (AvgIpc) is 3.64. The number of rotatable bonds is 7. The van der Waals surface area contributed by atoms with Crippen molar-refractivity contribution in [1.29, 1.82) is 0 Å². The Hall–Kier alpha value is -2.91. The van der Waals surface area contributed by atoms with Gasteiger partial charge in [0, 0.05) is 36.1 Å². The zero-order chi connectivity index (χ0) is 23.4. The van der Waals surface area contributed by atoms with Crippen molar-refractivity contribution in [2.45, 2.75) is 61.9 Å². The zero-order valence-corrected chi connectivity index (χ0v) is 19.5. The molecule has 2 aromatic rings. The minimum Gasteiger partial charge on any atom is -0.335 e. The van der Waals surface area contributed by atoms with Crippen molar-refractivity contribution in [3.63, 3.8) is 0 Å². The Morgan fingerprint density at radius 3 is 1.97 bits per heavy atom. The number of carbonyl (C=O) groups excluding carboxylic acids is 2. The Morgan fingerprint density at radius 2 is 1.39 bits per heavy atom. The first-order valence-corrected chi connectivity index (χ1v) is 12.8. The molecule has 2 aliphatic carbocycles. The Bertz CT molecular complexity index is 1090. The second kappa shape index (κ2) is 9.93. The highest BCUT2D eigenvalue weighted by molar-refractivity contribution is 7.89. The van der Waals surface area contributed by atoms with Crippen LogP contribution in [0.1, 0.15) is 55.3 Å². The molecule has 176 valence electrons. The first kappa shape index (κ1) is 23.3. The summed E-state index contributed by atoms with van der Waals surface area (Å²) in [6.07, 6.45) is 7.06. The molecule has 0 aromatic heterocycles. The number of hydrogen-bond donors (Lipinski definition) is 3. The van der Waals surface area contributed by atoms with E-state index in [2.05, 4.69) is 16.0 Å². The van der Waals surface area contributed by atoms with Crippen molar-refractivity contribution in [2.75, 3.05) is 17.7 Å². The van der Waals surface area contributed by atoms with E-state index in [4.69, 9.17) is 0 Å². The van der Waals surface area contributed by atoms with Crippen LogP contribution < -0.4 is 16.0 Å². The molecule has 3 amide bonds. The van der Waals surface area contributed by atoms with Crippen molar-refractivity contribution in [3.8, 4) is 0 Å². The lowest BCUT2D eigenvalue weighted by atomic mass is 9.96. The van der Waals surface area contributed by atoms with Crippen LogP contribution in [-0.2, 0) is 10.0 Å². The van der Waals surface area contributed by atoms with Crippen LogP contribution in [-0.4, -0.2) is 43.8 Å². The van der Waals surface area contributed by atoms with Gasteiger partial charge in [-0.3, -0.25) is 4.79 Å². The molecular formula is C24H30N4O4S. The molecule has 2 aromatic carbocycles. The van der Waals surface area contributed by atoms with Gasteiger partial charge in [-0.15, -0.1) is 0 Å². The Morgan fingerprint density at radius 1 is 0.818 bits per heavy atom. The molecule has 2 saturated carbocycles. The Balaban J connectivity index is 1.35. The molecule has 3 N–H and O–H groups in total. The number of amides is 3. The summed E-state index contributed by atoms with van der Waals surface area (Å²) in [6, 6.07) is 12.9. The number of anilines is 2. The number of sulfonamides is 1. The summed E-state index contributed by atoms with van der Waals surface area (Å²) < 4.78 is 27.4. The fourth-order valence-electron chi connectivity index (χ4n) is 4.01. The highest BCUT2D eigenvalue weighted by Gasteiger charge is 2.29. The molecule has 0 aliphatic heterocycles. The molecule has 0 radical (unpaired) electrons. The number of nitrogens with one attached hydrogen (secondary N) is 3. The molecule has 8 nitrogen and oxygen atoms in total. The van der Waals surface area contributed by atoms with Gasteiger partial charge in [0.15, 0.2) is 0 Å². The molecular weight excluding hydrogens is 440 g/mol. The zero-order valence-electron chi connectivity index (χ0n) is 18.7. The molecule has 0 unspecified atom stereocenters. The smallest absolute Gasteiger partial charge is 0.319 e. The summed E-state index contributed by atoms with van der Waals surface area (Å²) in [4.78, 5) is 24.6. The predicted octanol–water partition coefficient (Wildman–Crippen LogP) is 4.18. The van der Waals surface area contributed by atoms with Crippen LogP contribution >= 0.6 is 0 Å². The van der Waals surface area contributed by atoms with Crippen molar-refractivity contribution < 1.29 is 18.0 Å². The number of urea groups is 1. The number of carbonyl (C=O) groups is 2. The standard InChI is InChI=1S/C24H30N4O4S/c1-28(21-5-3-2-4-6-21)33(31,32)22-15-7-17(8-16-22)23(29)25-18-9-11-19(12-10-18)26-24(30)27-20-13-14-20/h7-12,15-16,20-21H,2-6,13-14H2,1H3,(H,25,29)(H2,26,27,30). The first-order valence-electron chi connectivity index (χ1n) is 11.4. The maximum atomic E-state index is 13.0. The second-order valence-corrected chi connectivity index (χ2v) is 10.7. The fraction of sp³-hybridized carbons (Fsp3) is 0.417. The highest BCUT2D eigenvalue weighted by atomic mass is 32.2. The van der Waals surface area contributed by atoms with E-state index >= 15 is 0 Å². The maximum Gasteiger partial charge on any atom is 0.319 e. The largest absolute Gasteiger partial charge is 0.335 e. The summed E-state index contributed by atoms with van der Waals surface area (Å²) >= 11 is 0. The molecule has 9 heteroatoms. The summed E-state index contributed by atoms with van der Waals surface area (Å²) in [6.45, 7) is 0. The van der Waals surface area contributed by atoms with Gasteiger partial charge >= 0.3 is 6.03 Å². The molecule has 33 heavy (non-hydrogen) atoms. The van der Waals surface area contributed by atoms with E-state index in [1.807, 2.05) is 0 Å². The summed E-state index contributed by atoms with van der Waals surface area (Å²) in [5.41, 5.74) is 1.56. The van der Waals surface area contributed by atoms with Crippen molar-refractivity contribution in [1.82, 2.24) is 9.62 Å². The summed E-state index contributed by atoms with van der Waals surface area (Å²) in [5.74, 6) is -0.341. The van der Waals surface area contributed by atoms with Crippen molar-refractivity contribution in [2.24, 2.45) is 0 Å². The summed E-state index contributed by atoms with van der Waals surface area (Å²) in [7, 11) is -1.96. The van der Waals surface area contributed by atoms with E-state index in [1.54, 1.807) is 31.3 Å². The van der Waals surface area contributed by atoms with Crippen molar-refractivity contribution >= 4 is 33.3 Å². The molecule has 4 rings (SSSR count). The van der Waals surface area contributed by atoms with Gasteiger partial charge in [0.05, 0.1) is 4.90 Å². The number of nitrogens with zero attached hydrogens (tertiary/aromatic N) is 1. The van der Waals surface area contributed by atoms with Crippen molar-refractivity contribution in [3.05, 3.63) is 54.1 Å². The van der Waals surface area contributed by atoms with Crippen LogP contribution in [0.25, 0.3) is 0 Å². The van der Waals surface area contributed by atoms with E-state index in [1.165, 1.54) is 28.6 Å². The van der Waals surface area contributed by atoms with E-state index < -0.39 is 10.0 Å². The third-order valence-corrected chi connectivity index (χ3v) is 8.12. The molecule has 0 atom stereocenters. The van der Waals surface area contributed by atoms with Gasteiger partial charge in [0.1, 0.15) is 0 Å². The Labute approximate surface area is 194 Å². The Kier molecular flexibility index (Phi) is 6.99. The third kappa shape index (κ3) is 5.91. The van der Waals surface area contributed by atoms with Gasteiger partial charge in [0.25, 0.3) is 5.91 Å².